The maximum Gasteiger partial charge on any atom is 0.485 e. The minimum Gasteiger partial charge on any atom is -0.741 e. The van der Waals surface area contributed by atoms with E-state index in [0.29, 0.717) is 0 Å². The number of imidazole rings is 3. The van der Waals surface area contributed by atoms with Gasteiger partial charge in [0.25, 0.3) is 0 Å². The standard InChI is InChI=1S/C8H15N2.2C6H11N2.CHF3O3S.2F6P/c1-3-4-5-10-7-6-9(2)8-10;2*1-3-8-5-4-7(2)6-8;2-1(3,4)8(5,6)7;2*1-7(2,3,4,5)6/h6-8H,3-5H2,1-2H3;2*4-6H,3H2,1-2H3;(H,5,6,7);;/q3*+1;;2*-1/p-1. The van der Waals surface area contributed by atoms with Gasteiger partial charge >= 0.3 is 71.5 Å². The van der Waals surface area contributed by atoms with Crippen molar-refractivity contribution in [2.75, 3.05) is 0 Å². The van der Waals surface area contributed by atoms with Gasteiger partial charge in [-0.2, -0.15) is 13.2 Å². The van der Waals surface area contributed by atoms with Crippen molar-refractivity contribution in [2.45, 2.75) is 58.8 Å². The predicted octanol–water partition coefficient (Wildman–Crippen LogP) is 8.59. The second kappa shape index (κ2) is 16.4. The van der Waals surface area contributed by atoms with Gasteiger partial charge in [-0.3, -0.25) is 0 Å². The van der Waals surface area contributed by atoms with E-state index in [1.165, 1.54) is 12.8 Å². The van der Waals surface area contributed by atoms with Crippen LogP contribution >= 0.6 is 15.6 Å². The number of aryl methyl sites for hydroxylation is 6. The fourth-order valence-corrected chi connectivity index (χ4v) is 2.35. The van der Waals surface area contributed by atoms with Crippen LogP contribution in [0.15, 0.2) is 56.2 Å². The average molecular weight is 801 g/mol. The van der Waals surface area contributed by atoms with Crippen molar-refractivity contribution in [2.24, 2.45) is 21.1 Å². The van der Waals surface area contributed by atoms with Crippen molar-refractivity contribution in [1.29, 1.82) is 0 Å². The molecule has 48 heavy (non-hydrogen) atoms. The van der Waals surface area contributed by atoms with Gasteiger partial charge in [-0.25, -0.2) is 35.8 Å². The molecule has 9 nitrogen and oxygen atoms in total. The third kappa shape index (κ3) is 45.5. The normalized spacial score (nSPS) is 14.5. The summed E-state index contributed by atoms with van der Waals surface area (Å²) in [7, 11) is -21.3. The molecule has 0 radical (unpaired) electrons. The molecule has 290 valence electrons. The van der Waals surface area contributed by atoms with Crippen LogP contribution in [0.1, 0.15) is 33.6 Å². The Bertz CT molecular complexity index is 1380. The van der Waals surface area contributed by atoms with Crippen LogP contribution in [0.25, 0.3) is 0 Å². The molecular weight excluding hydrogens is 763 g/mol. The van der Waals surface area contributed by atoms with E-state index < -0.39 is 31.2 Å². The van der Waals surface area contributed by atoms with Crippen molar-refractivity contribution in [3.05, 3.63) is 56.2 Å². The summed E-state index contributed by atoms with van der Waals surface area (Å²) in [6, 6.07) is 0. The largest absolute Gasteiger partial charge is 0.741 e. The number of alkyl halides is 3. The van der Waals surface area contributed by atoms with E-state index in [2.05, 4.69) is 82.8 Å². The molecule has 0 N–H and O–H groups in total. The molecule has 0 saturated carbocycles. The number of halogens is 15. The summed E-state index contributed by atoms with van der Waals surface area (Å²) in [5.74, 6) is 0. The maximum absolute atomic E-state index is 10.7. The van der Waals surface area contributed by atoms with Crippen LogP contribution in [0.2, 0.25) is 0 Å². The molecule has 0 bridgehead atoms. The smallest absolute Gasteiger partial charge is 0.485 e. The van der Waals surface area contributed by atoms with Crippen molar-refractivity contribution in [3.8, 4) is 0 Å². The molecule has 27 heteroatoms. The van der Waals surface area contributed by atoms with Crippen LogP contribution < -0.4 is 13.7 Å². The molecule has 3 rings (SSSR count). The van der Waals surface area contributed by atoms with Crippen LogP contribution in [-0.4, -0.2) is 32.2 Å². The van der Waals surface area contributed by atoms with Crippen molar-refractivity contribution in [3.63, 3.8) is 0 Å². The number of nitrogens with zero attached hydrogens (tertiary/aromatic N) is 6. The summed E-state index contributed by atoms with van der Waals surface area (Å²) in [5.41, 5.74) is -5.65. The second-order valence-corrected chi connectivity index (χ2v) is 14.5. The topological polar surface area (TPSA) is 83.6 Å². The number of rotatable bonds is 5. The van der Waals surface area contributed by atoms with Crippen LogP contribution in [0, 0.1) is 0 Å². The first-order valence-electron chi connectivity index (χ1n) is 12.8. The summed E-state index contributed by atoms with van der Waals surface area (Å²) < 4.78 is 190. The zero-order valence-corrected chi connectivity index (χ0v) is 28.7. The molecule has 0 atom stereocenters. The first-order valence-corrected chi connectivity index (χ1v) is 18.3. The van der Waals surface area contributed by atoms with Crippen LogP contribution in [0.5, 0.6) is 0 Å². The van der Waals surface area contributed by atoms with Gasteiger partial charge in [-0.1, -0.05) is 13.3 Å². The number of hydrogen-bond acceptors (Lipinski definition) is 3. The monoisotopic (exact) mass is 800 g/mol. The van der Waals surface area contributed by atoms with Gasteiger partial charge in [-0.05, 0) is 20.3 Å². The summed E-state index contributed by atoms with van der Waals surface area (Å²) in [6.07, 6.45) is 21.1. The van der Waals surface area contributed by atoms with Gasteiger partial charge in [0.05, 0.1) is 40.8 Å². The molecule has 0 fully saturated rings. The number of hydrogen-bond donors (Lipinski definition) is 0. The molecule has 0 amide bonds. The van der Waals surface area contributed by atoms with Crippen molar-refractivity contribution < 1.29 is 90.2 Å². The Morgan fingerprint density at radius 2 is 0.833 bits per heavy atom. The fraction of sp³-hybridized carbons (Fsp3) is 0.571. The summed E-state index contributed by atoms with van der Waals surface area (Å²) >= 11 is 0. The van der Waals surface area contributed by atoms with Crippen molar-refractivity contribution in [1.82, 2.24) is 13.7 Å². The van der Waals surface area contributed by atoms with Crippen LogP contribution in [-0.2, 0) is 50.9 Å². The Morgan fingerprint density at radius 1 is 0.604 bits per heavy atom. The number of unbranched alkanes of at least 4 members (excludes halogenated alkanes) is 1. The van der Waals surface area contributed by atoms with E-state index >= 15 is 0 Å². The SMILES string of the molecule is CCCCn1cc[n+](C)c1.CCn1cc[n+](C)c1.CCn1cc[n+](C)c1.F[P-](F)(F)(F)(F)F.F[P-](F)(F)(F)(F)F.O=S(=O)([O-])C(F)(F)F. The third-order valence-electron chi connectivity index (χ3n) is 4.25. The third-order valence-corrected chi connectivity index (χ3v) is 4.82. The Balaban J connectivity index is -0.000000509. The molecule has 3 heterocycles. The molecule has 3 aromatic rings. The van der Waals surface area contributed by atoms with Gasteiger partial charge in [0, 0.05) is 0 Å². The van der Waals surface area contributed by atoms with Gasteiger partial charge in [-0.15, -0.1) is 0 Å². The van der Waals surface area contributed by atoms with E-state index in [1.54, 1.807) is 0 Å². The summed E-state index contributed by atoms with van der Waals surface area (Å²) in [4.78, 5) is 0. The molecule has 0 aliphatic carbocycles. The summed E-state index contributed by atoms with van der Waals surface area (Å²) in [6.45, 7) is 9.72. The molecule has 0 aliphatic heterocycles. The van der Waals surface area contributed by atoms with E-state index in [9.17, 15) is 63.5 Å². The minimum atomic E-state index is -10.7. The van der Waals surface area contributed by atoms with E-state index in [0.717, 1.165) is 19.6 Å². The molecule has 0 aromatic carbocycles. The Morgan fingerprint density at radius 3 is 0.958 bits per heavy atom. The Kier molecular flexibility index (Phi) is 17.0. The zero-order valence-electron chi connectivity index (χ0n) is 26.1. The molecule has 0 aliphatic rings. The molecule has 3 aromatic heterocycles. The molecule has 0 saturated heterocycles. The Hall–Kier alpha value is -2.65. The van der Waals surface area contributed by atoms with Crippen molar-refractivity contribution >= 4 is 25.7 Å². The van der Waals surface area contributed by atoms with E-state index in [4.69, 9.17) is 13.0 Å². The minimum absolute atomic E-state index is 1.06. The number of aromatic nitrogens is 6. The second-order valence-electron chi connectivity index (χ2n) is 9.31. The van der Waals surface area contributed by atoms with Crippen LogP contribution in [0.4, 0.5) is 63.5 Å². The maximum atomic E-state index is 10.7. The summed E-state index contributed by atoms with van der Waals surface area (Å²) in [5, 5.41) is 0. The first-order chi connectivity index (χ1) is 20.6. The van der Waals surface area contributed by atoms with E-state index in [1.807, 2.05) is 42.7 Å². The van der Waals surface area contributed by atoms with Gasteiger partial charge in [0.15, 0.2) is 10.1 Å². The first kappa shape index (κ1) is 49.7. The fourth-order valence-electron chi connectivity index (χ4n) is 2.35. The van der Waals surface area contributed by atoms with Gasteiger partial charge in [0.1, 0.15) is 37.2 Å². The Labute approximate surface area is 266 Å². The zero-order chi connectivity index (χ0) is 39.2. The quantitative estimate of drug-likeness (QED) is 0.0853. The predicted molar refractivity (Wildman–Crippen MR) is 146 cm³/mol. The van der Waals surface area contributed by atoms with E-state index in [-0.39, 0.29) is 0 Å². The molecule has 0 unspecified atom stereocenters. The van der Waals surface area contributed by atoms with Crippen LogP contribution in [0.3, 0.4) is 0 Å². The molecule has 0 spiro atoms. The molecular formula is C21H37F15N6O3P2S. The van der Waals surface area contributed by atoms with Gasteiger partial charge < -0.3 is 4.55 Å². The van der Waals surface area contributed by atoms with Gasteiger partial charge in [0.2, 0.25) is 19.0 Å². The average Bonchev–Trinajstić information content (AvgIpc) is 3.54.